The number of nitrogens with one attached hydrogen (secondary N) is 2. The third-order valence-electron chi connectivity index (χ3n) is 5.72. The fraction of sp³-hybridized carbons (Fsp3) is 0.231. The second-order valence-electron chi connectivity index (χ2n) is 8.40. The summed E-state index contributed by atoms with van der Waals surface area (Å²) in [7, 11) is 0. The van der Waals surface area contributed by atoms with Crippen LogP contribution in [0, 0.1) is 0 Å². The van der Waals surface area contributed by atoms with E-state index >= 15 is 0 Å². The van der Waals surface area contributed by atoms with Gasteiger partial charge >= 0.3 is 0 Å². The molecule has 5 rings (SSSR count). The van der Waals surface area contributed by atoms with Crippen molar-refractivity contribution in [2.45, 2.75) is 32.1 Å². The Morgan fingerprint density at radius 1 is 1.09 bits per heavy atom. The van der Waals surface area contributed by atoms with Crippen molar-refractivity contribution in [2.75, 3.05) is 11.9 Å². The second kappa shape index (κ2) is 9.61. The highest BCUT2D eigenvalue weighted by atomic mass is 32.1. The van der Waals surface area contributed by atoms with Crippen molar-refractivity contribution in [2.24, 2.45) is 0 Å². The lowest BCUT2D eigenvalue weighted by molar-refractivity contribution is -0.118. The van der Waals surface area contributed by atoms with Crippen LogP contribution in [0.3, 0.4) is 0 Å². The summed E-state index contributed by atoms with van der Waals surface area (Å²) in [6.07, 6.45) is 3.01. The third-order valence-corrected chi connectivity index (χ3v) is 6.48. The molecular weight excluding hydrogens is 446 g/mol. The van der Waals surface area contributed by atoms with E-state index in [1.165, 1.54) is 18.3 Å². The van der Waals surface area contributed by atoms with Gasteiger partial charge in [0.1, 0.15) is 5.69 Å². The maximum absolute atomic E-state index is 13.2. The Kier molecular flexibility index (Phi) is 6.22. The molecular formula is C26H25N5O2S. The minimum atomic E-state index is -0.225. The largest absolute Gasteiger partial charge is 0.356 e. The number of benzene rings is 2. The Morgan fingerprint density at radius 3 is 2.56 bits per heavy atom. The average Bonchev–Trinajstić information content (AvgIpc) is 3.42. The van der Waals surface area contributed by atoms with Crippen molar-refractivity contribution in [1.29, 1.82) is 0 Å². The van der Waals surface area contributed by atoms with E-state index in [2.05, 4.69) is 15.6 Å². The molecule has 0 aliphatic heterocycles. The standard InChI is InChI=1S/C26H25N5O2S/c1-17(32)27-14-13-18-7-9-20(10-8-18)23-16-34-26(28-23)29-25(33)24-15-22(19-11-12-19)30-31(24)21-5-3-2-4-6-21/h2-10,15-16,19H,11-14H2,1H3,(H,27,32)(H,28,29,33). The van der Waals surface area contributed by atoms with Gasteiger partial charge in [-0.3, -0.25) is 14.9 Å². The highest BCUT2D eigenvalue weighted by Crippen LogP contribution is 2.40. The number of hydrogen-bond acceptors (Lipinski definition) is 5. The molecule has 2 aromatic carbocycles. The van der Waals surface area contributed by atoms with Crippen LogP contribution in [0.4, 0.5) is 5.13 Å². The first-order chi connectivity index (χ1) is 16.6. The molecule has 0 saturated heterocycles. The van der Waals surface area contributed by atoms with E-state index in [1.807, 2.05) is 66.0 Å². The Morgan fingerprint density at radius 2 is 1.85 bits per heavy atom. The number of hydrogen-bond donors (Lipinski definition) is 2. The predicted molar refractivity (Wildman–Crippen MR) is 133 cm³/mol. The lowest BCUT2D eigenvalue weighted by atomic mass is 10.1. The minimum absolute atomic E-state index is 0.0238. The molecule has 2 aromatic heterocycles. The molecule has 172 valence electrons. The molecule has 2 N–H and O–H groups in total. The lowest BCUT2D eigenvalue weighted by Gasteiger charge is -2.06. The summed E-state index contributed by atoms with van der Waals surface area (Å²) < 4.78 is 1.72. The van der Waals surface area contributed by atoms with Crippen molar-refractivity contribution < 1.29 is 9.59 Å². The fourth-order valence-electron chi connectivity index (χ4n) is 3.76. The van der Waals surface area contributed by atoms with E-state index < -0.39 is 0 Å². The van der Waals surface area contributed by atoms with Gasteiger partial charge in [0.25, 0.3) is 5.91 Å². The van der Waals surface area contributed by atoms with Crippen LogP contribution in [0.1, 0.15) is 47.4 Å². The zero-order chi connectivity index (χ0) is 23.5. The van der Waals surface area contributed by atoms with Gasteiger partial charge in [-0.1, -0.05) is 42.5 Å². The van der Waals surface area contributed by atoms with Gasteiger partial charge in [-0.15, -0.1) is 11.3 Å². The molecule has 1 fully saturated rings. The second-order valence-corrected chi connectivity index (χ2v) is 9.26. The molecule has 34 heavy (non-hydrogen) atoms. The molecule has 8 heteroatoms. The summed E-state index contributed by atoms with van der Waals surface area (Å²) in [5.41, 5.74) is 5.26. The number of nitrogens with zero attached hydrogens (tertiary/aromatic N) is 3. The number of aromatic nitrogens is 3. The van der Waals surface area contributed by atoms with Crippen LogP contribution < -0.4 is 10.6 Å². The molecule has 4 aromatic rings. The van der Waals surface area contributed by atoms with Crippen LogP contribution in [-0.2, 0) is 11.2 Å². The highest BCUT2D eigenvalue weighted by molar-refractivity contribution is 7.14. The van der Waals surface area contributed by atoms with Gasteiger partial charge in [-0.05, 0) is 43.0 Å². The Labute approximate surface area is 201 Å². The van der Waals surface area contributed by atoms with Gasteiger partial charge in [0, 0.05) is 30.3 Å². The van der Waals surface area contributed by atoms with Crippen molar-refractivity contribution >= 4 is 28.3 Å². The minimum Gasteiger partial charge on any atom is -0.356 e. The number of rotatable bonds is 8. The molecule has 2 heterocycles. The summed E-state index contributed by atoms with van der Waals surface area (Å²) in [4.78, 5) is 28.8. The summed E-state index contributed by atoms with van der Waals surface area (Å²) in [6, 6.07) is 19.7. The molecule has 1 saturated carbocycles. The number of para-hydroxylation sites is 1. The third kappa shape index (κ3) is 5.07. The van der Waals surface area contributed by atoms with Gasteiger partial charge < -0.3 is 5.32 Å². The van der Waals surface area contributed by atoms with Crippen molar-refractivity contribution in [3.05, 3.63) is 83.0 Å². The maximum atomic E-state index is 13.2. The summed E-state index contributed by atoms with van der Waals surface area (Å²) in [5.74, 6) is 0.200. The summed E-state index contributed by atoms with van der Waals surface area (Å²) >= 11 is 1.40. The lowest BCUT2D eigenvalue weighted by Crippen LogP contribution is -2.22. The predicted octanol–water partition coefficient (Wildman–Crippen LogP) is 4.80. The van der Waals surface area contributed by atoms with Crippen LogP contribution in [-0.4, -0.2) is 33.1 Å². The first-order valence-corrected chi connectivity index (χ1v) is 12.2. The van der Waals surface area contributed by atoms with E-state index in [4.69, 9.17) is 5.10 Å². The van der Waals surface area contributed by atoms with E-state index in [0.717, 1.165) is 47.5 Å². The SMILES string of the molecule is CC(=O)NCCc1ccc(-c2csc(NC(=O)c3cc(C4CC4)nn3-c3ccccc3)n2)cc1. The van der Waals surface area contributed by atoms with Gasteiger partial charge in [-0.25, -0.2) is 9.67 Å². The van der Waals surface area contributed by atoms with E-state index in [9.17, 15) is 9.59 Å². The summed E-state index contributed by atoms with van der Waals surface area (Å²) in [6.45, 7) is 2.13. The molecule has 0 radical (unpaired) electrons. The van der Waals surface area contributed by atoms with Crippen LogP contribution in [0.2, 0.25) is 0 Å². The Hall–Kier alpha value is -3.78. The zero-order valence-corrected chi connectivity index (χ0v) is 19.6. The molecule has 1 aliphatic carbocycles. The Bertz CT molecular complexity index is 1310. The van der Waals surface area contributed by atoms with Gasteiger partial charge in [0.2, 0.25) is 5.91 Å². The molecule has 0 bridgehead atoms. The quantitative estimate of drug-likeness (QED) is 0.386. The molecule has 2 amide bonds. The number of amides is 2. The average molecular weight is 472 g/mol. The van der Waals surface area contributed by atoms with Crippen molar-refractivity contribution in [3.63, 3.8) is 0 Å². The van der Waals surface area contributed by atoms with Crippen molar-refractivity contribution in [1.82, 2.24) is 20.1 Å². The zero-order valence-electron chi connectivity index (χ0n) is 18.8. The number of carbonyl (C=O) groups excluding carboxylic acids is 2. The van der Waals surface area contributed by atoms with E-state index in [-0.39, 0.29) is 11.8 Å². The van der Waals surface area contributed by atoms with Crippen molar-refractivity contribution in [3.8, 4) is 16.9 Å². The van der Waals surface area contributed by atoms with Gasteiger partial charge in [-0.2, -0.15) is 5.10 Å². The van der Waals surface area contributed by atoms with Crippen LogP contribution in [0.25, 0.3) is 16.9 Å². The number of thiazole rings is 1. The Balaban J connectivity index is 1.30. The monoisotopic (exact) mass is 471 g/mol. The molecule has 1 aliphatic rings. The summed E-state index contributed by atoms with van der Waals surface area (Å²) in [5, 5.41) is 12.9. The van der Waals surface area contributed by atoms with E-state index in [0.29, 0.717) is 23.3 Å². The molecule has 0 spiro atoms. The topological polar surface area (TPSA) is 88.9 Å². The van der Waals surface area contributed by atoms with Crippen LogP contribution >= 0.6 is 11.3 Å². The molecule has 7 nitrogen and oxygen atoms in total. The number of carbonyl (C=O) groups is 2. The number of anilines is 1. The normalized spacial score (nSPS) is 13.0. The van der Waals surface area contributed by atoms with Crippen LogP contribution in [0.5, 0.6) is 0 Å². The fourth-order valence-corrected chi connectivity index (χ4v) is 4.47. The van der Waals surface area contributed by atoms with Gasteiger partial charge in [0.05, 0.1) is 17.1 Å². The van der Waals surface area contributed by atoms with E-state index in [1.54, 1.807) is 4.68 Å². The highest BCUT2D eigenvalue weighted by Gasteiger charge is 2.29. The smallest absolute Gasteiger partial charge is 0.276 e. The first-order valence-electron chi connectivity index (χ1n) is 11.3. The van der Waals surface area contributed by atoms with Crippen LogP contribution in [0.15, 0.2) is 66.0 Å². The first kappa shape index (κ1) is 22.0. The molecule has 0 atom stereocenters. The maximum Gasteiger partial charge on any atom is 0.276 e. The molecule has 0 unspecified atom stereocenters. The van der Waals surface area contributed by atoms with Gasteiger partial charge in [0.15, 0.2) is 5.13 Å².